The second-order valence-electron chi connectivity index (χ2n) is 4.73. The first-order valence-electron chi connectivity index (χ1n) is 6.89. The molecule has 3 amide bonds. The Morgan fingerprint density at radius 3 is 2.10 bits per heavy atom. The van der Waals surface area contributed by atoms with Crippen LogP contribution in [0.15, 0.2) is 30.3 Å². The second kappa shape index (κ2) is 8.04. The third kappa shape index (κ3) is 5.64. The van der Waals surface area contributed by atoms with Crippen molar-refractivity contribution in [1.82, 2.24) is 10.6 Å². The van der Waals surface area contributed by atoms with Gasteiger partial charge in [-0.2, -0.15) is 0 Å². The van der Waals surface area contributed by atoms with E-state index in [9.17, 15) is 14.4 Å². The number of carbonyl (C=O) groups is 3. The van der Waals surface area contributed by atoms with E-state index < -0.39 is 18.0 Å². The van der Waals surface area contributed by atoms with Gasteiger partial charge < -0.3 is 16.0 Å². The summed E-state index contributed by atoms with van der Waals surface area (Å²) in [5.41, 5.74) is 0.663. The van der Waals surface area contributed by atoms with E-state index in [2.05, 4.69) is 16.0 Å². The van der Waals surface area contributed by atoms with Crippen molar-refractivity contribution in [2.45, 2.75) is 39.3 Å². The molecule has 3 N–H and O–H groups in total. The molecule has 6 nitrogen and oxygen atoms in total. The molecule has 2 atom stereocenters. The van der Waals surface area contributed by atoms with Crippen molar-refractivity contribution >= 4 is 23.4 Å². The van der Waals surface area contributed by atoms with Crippen LogP contribution in [0.3, 0.4) is 0 Å². The highest BCUT2D eigenvalue weighted by atomic mass is 16.2. The Kier molecular flexibility index (Phi) is 6.39. The number of para-hydroxylation sites is 1. The van der Waals surface area contributed by atoms with E-state index in [-0.39, 0.29) is 11.8 Å². The van der Waals surface area contributed by atoms with Crippen LogP contribution in [0, 0.1) is 0 Å². The number of amides is 3. The maximum absolute atomic E-state index is 11.9. The van der Waals surface area contributed by atoms with Crippen LogP contribution >= 0.6 is 0 Å². The van der Waals surface area contributed by atoms with Crippen molar-refractivity contribution in [2.75, 3.05) is 5.32 Å². The van der Waals surface area contributed by atoms with E-state index >= 15 is 0 Å². The maximum atomic E-state index is 11.9. The van der Waals surface area contributed by atoms with Crippen LogP contribution in [-0.2, 0) is 14.4 Å². The van der Waals surface area contributed by atoms with Crippen molar-refractivity contribution in [3.8, 4) is 0 Å². The van der Waals surface area contributed by atoms with Crippen LogP contribution in [0.5, 0.6) is 0 Å². The molecule has 0 bridgehead atoms. The number of benzene rings is 1. The number of nitrogens with one attached hydrogen (secondary N) is 3. The lowest BCUT2D eigenvalue weighted by molar-refractivity contribution is -0.130. The highest BCUT2D eigenvalue weighted by Gasteiger charge is 2.20. The molecule has 114 valence electrons. The number of hydrogen-bond acceptors (Lipinski definition) is 3. The van der Waals surface area contributed by atoms with Gasteiger partial charge in [-0.05, 0) is 26.0 Å². The third-order valence-electron chi connectivity index (χ3n) is 2.89. The number of hydrogen-bond donors (Lipinski definition) is 3. The summed E-state index contributed by atoms with van der Waals surface area (Å²) in [6.45, 7) is 4.87. The average molecular weight is 291 g/mol. The highest BCUT2D eigenvalue weighted by molar-refractivity contribution is 5.98. The van der Waals surface area contributed by atoms with Crippen LogP contribution in [0.1, 0.15) is 27.2 Å². The van der Waals surface area contributed by atoms with Crippen LogP contribution < -0.4 is 16.0 Å². The maximum Gasteiger partial charge on any atom is 0.246 e. The summed E-state index contributed by atoms with van der Waals surface area (Å²) in [6.07, 6.45) is 0.307. The van der Waals surface area contributed by atoms with Crippen molar-refractivity contribution < 1.29 is 14.4 Å². The average Bonchev–Trinajstić information content (AvgIpc) is 2.47. The van der Waals surface area contributed by atoms with Crippen molar-refractivity contribution in [3.63, 3.8) is 0 Å². The summed E-state index contributed by atoms with van der Waals surface area (Å²) >= 11 is 0. The molecule has 0 aliphatic rings. The van der Waals surface area contributed by atoms with Crippen molar-refractivity contribution in [1.29, 1.82) is 0 Å². The van der Waals surface area contributed by atoms with Gasteiger partial charge in [0.2, 0.25) is 17.7 Å². The normalized spacial score (nSPS) is 12.9. The molecular weight excluding hydrogens is 270 g/mol. The van der Waals surface area contributed by atoms with Gasteiger partial charge in [-0.25, -0.2) is 0 Å². The summed E-state index contributed by atoms with van der Waals surface area (Å²) < 4.78 is 0. The zero-order valence-electron chi connectivity index (χ0n) is 12.5. The lowest BCUT2D eigenvalue weighted by Gasteiger charge is -2.18. The van der Waals surface area contributed by atoms with Gasteiger partial charge in [0, 0.05) is 12.1 Å². The molecule has 0 fully saturated rings. The zero-order chi connectivity index (χ0) is 15.8. The van der Waals surface area contributed by atoms with E-state index in [1.165, 1.54) is 0 Å². The van der Waals surface area contributed by atoms with Gasteiger partial charge in [0.05, 0.1) is 0 Å². The van der Waals surface area contributed by atoms with Gasteiger partial charge in [0.25, 0.3) is 0 Å². The number of rotatable bonds is 6. The molecule has 0 heterocycles. The molecule has 0 saturated heterocycles. The Balaban J connectivity index is 2.48. The molecule has 1 aromatic rings. The van der Waals surface area contributed by atoms with Gasteiger partial charge >= 0.3 is 0 Å². The molecular formula is C15H21N3O3. The van der Waals surface area contributed by atoms with E-state index in [1.54, 1.807) is 45.0 Å². The first-order valence-corrected chi connectivity index (χ1v) is 6.89. The van der Waals surface area contributed by atoms with Gasteiger partial charge in [0.15, 0.2) is 0 Å². The fourth-order valence-corrected chi connectivity index (χ4v) is 1.59. The predicted molar refractivity (Wildman–Crippen MR) is 80.6 cm³/mol. The van der Waals surface area contributed by atoms with Crippen molar-refractivity contribution in [2.24, 2.45) is 0 Å². The minimum absolute atomic E-state index is 0.209. The van der Waals surface area contributed by atoms with Crippen molar-refractivity contribution in [3.05, 3.63) is 30.3 Å². The summed E-state index contributed by atoms with van der Waals surface area (Å²) in [6, 6.07) is 7.61. The molecule has 0 spiro atoms. The van der Waals surface area contributed by atoms with Gasteiger partial charge in [-0.1, -0.05) is 25.1 Å². The molecule has 1 aromatic carbocycles. The molecule has 0 unspecified atom stereocenters. The van der Waals surface area contributed by atoms with Crippen LogP contribution in [0.4, 0.5) is 5.69 Å². The molecule has 0 radical (unpaired) electrons. The van der Waals surface area contributed by atoms with Crippen LogP contribution in [-0.4, -0.2) is 29.8 Å². The van der Waals surface area contributed by atoms with E-state index in [0.29, 0.717) is 12.1 Å². The Morgan fingerprint density at radius 2 is 1.52 bits per heavy atom. The Bertz CT molecular complexity index is 502. The molecule has 0 aliphatic carbocycles. The topological polar surface area (TPSA) is 87.3 Å². The first kappa shape index (κ1) is 16.7. The zero-order valence-corrected chi connectivity index (χ0v) is 12.5. The third-order valence-corrected chi connectivity index (χ3v) is 2.89. The predicted octanol–water partition coefficient (Wildman–Crippen LogP) is 1.04. The summed E-state index contributed by atoms with van der Waals surface area (Å²) in [4.78, 5) is 35.0. The summed E-state index contributed by atoms with van der Waals surface area (Å²) in [5, 5.41) is 7.80. The second-order valence-corrected chi connectivity index (χ2v) is 4.73. The largest absolute Gasteiger partial charge is 0.345 e. The van der Waals surface area contributed by atoms with E-state index in [0.717, 1.165) is 0 Å². The molecule has 21 heavy (non-hydrogen) atoms. The molecule has 0 saturated carbocycles. The Labute approximate surface area is 124 Å². The molecule has 1 rings (SSSR count). The Hall–Kier alpha value is -2.37. The van der Waals surface area contributed by atoms with Gasteiger partial charge in [-0.3, -0.25) is 14.4 Å². The van der Waals surface area contributed by atoms with Crippen LogP contribution in [0.2, 0.25) is 0 Å². The molecule has 6 heteroatoms. The lowest BCUT2D eigenvalue weighted by Crippen LogP contribution is -2.50. The summed E-state index contributed by atoms with van der Waals surface area (Å²) in [7, 11) is 0. The standard InChI is InChI=1S/C15H21N3O3/c1-4-13(19)16-10(2)14(20)17-11(3)15(21)18-12-8-6-5-7-9-12/h5-11H,4H2,1-3H3,(H,16,19)(H,17,20)(H,18,21)/t10-,11-/m0/s1. The lowest BCUT2D eigenvalue weighted by atomic mass is 10.2. The first-order chi connectivity index (χ1) is 9.93. The van der Waals surface area contributed by atoms with E-state index in [4.69, 9.17) is 0 Å². The Morgan fingerprint density at radius 1 is 0.952 bits per heavy atom. The van der Waals surface area contributed by atoms with Crippen LogP contribution in [0.25, 0.3) is 0 Å². The fraction of sp³-hybridized carbons (Fsp3) is 0.400. The van der Waals surface area contributed by atoms with Gasteiger partial charge in [-0.15, -0.1) is 0 Å². The van der Waals surface area contributed by atoms with E-state index in [1.807, 2.05) is 6.07 Å². The smallest absolute Gasteiger partial charge is 0.246 e. The molecule has 0 aromatic heterocycles. The minimum Gasteiger partial charge on any atom is -0.345 e. The SMILES string of the molecule is CCC(=O)N[C@@H](C)C(=O)N[C@@H](C)C(=O)Nc1ccccc1. The molecule has 0 aliphatic heterocycles. The minimum atomic E-state index is -0.696. The highest BCUT2D eigenvalue weighted by Crippen LogP contribution is 2.05. The monoisotopic (exact) mass is 291 g/mol. The summed E-state index contributed by atoms with van der Waals surface area (Å²) in [5.74, 6) is -0.921. The number of carbonyl (C=O) groups excluding carboxylic acids is 3. The quantitative estimate of drug-likeness (QED) is 0.732. The van der Waals surface area contributed by atoms with Gasteiger partial charge in [0.1, 0.15) is 12.1 Å². The number of anilines is 1. The fourth-order valence-electron chi connectivity index (χ4n) is 1.59.